The summed E-state index contributed by atoms with van der Waals surface area (Å²) < 4.78 is 10.9. The topological polar surface area (TPSA) is 18.5 Å². The molecule has 106 valence electrons. The van der Waals surface area contributed by atoms with E-state index in [-0.39, 0.29) is 4.83 Å². The van der Waals surface area contributed by atoms with Crippen molar-refractivity contribution in [3.63, 3.8) is 0 Å². The Morgan fingerprint density at radius 3 is 2.15 bits per heavy atom. The minimum absolute atomic E-state index is 0.0634. The molecule has 2 nitrogen and oxygen atoms in total. The summed E-state index contributed by atoms with van der Waals surface area (Å²) in [6.07, 6.45) is 0.760. The first kappa shape index (κ1) is 15.2. The smallest absolute Gasteiger partial charge is 0.126 e. The fraction of sp³-hybridized carbons (Fsp3) is 0.250. The summed E-state index contributed by atoms with van der Waals surface area (Å²) in [6.45, 7) is 0. The Morgan fingerprint density at radius 1 is 1.00 bits per heavy atom. The molecule has 2 aromatic rings. The van der Waals surface area contributed by atoms with Crippen molar-refractivity contribution in [2.75, 3.05) is 14.2 Å². The van der Waals surface area contributed by atoms with Gasteiger partial charge in [-0.25, -0.2) is 0 Å². The molecule has 0 saturated carbocycles. The van der Waals surface area contributed by atoms with Gasteiger partial charge in [0, 0.05) is 5.02 Å². The highest BCUT2D eigenvalue weighted by Gasteiger charge is 2.19. The van der Waals surface area contributed by atoms with Crippen LogP contribution in [0, 0.1) is 0 Å². The molecule has 0 amide bonds. The van der Waals surface area contributed by atoms with Gasteiger partial charge in [0.1, 0.15) is 11.5 Å². The van der Waals surface area contributed by atoms with Gasteiger partial charge in [-0.3, -0.25) is 0 Å². The molecule has 4 heteroatoms. The quantitative estimate of drug-likeness (QED) is 0.700. The number of ether oxygens (including phenoxy) is 2. The molecule has 0 fully saturated rings. The molecule has 20 heavy (non-hydrogen) atoms. The van der Waals surface area contributed by atoms with Crippen molar-refractivity contribution in [2.45, 2.75) is 11.2 Å². The zero-order valence-electron chi connectivity index (χ0n) is 11.4. The van der Waals surface area contributed by atoms with Crippen LogP contribution in [-0.2, 0) is 6.42 Å². The van der Waals surface area contributed by atoms with E-state index in [4.69, 9.17) is 21.1 Å². The summed E-state index contributed by atoms with van der Waals surface area (Å²) in [7, 11) is 3.32. The third-order valence-corrected chi connectivity index (χ3v) is 4.29. The Balaban J connectivity index is 2.34. The van der Waals surface area contributed by atoms with E-state index >= 15 is 0 Å². The van der Waals surface area contributed by atoms with Crippen LogP contribution in [0.1, 0.15) is 16.0 Å². The lowest BCUT2D eigenvalue weighted by Crippen LogP contribution is -2.02. The Labute approximate surface area is 132 Å². The first-order chi connectivity index (χ1) is 9.67. The summed E-state index contributed by atoms with van der Waals surface area (Å²) in [5.74, 6) is 1.61. The largest absolute Gasteiger partial charge is 0.496 e. The number of halogens is 2. The van der Waals surface area contributed by atoms with Crippen LogP contribution in [0.15, 0.2) is 42.5 Å². The van der Waals surface area contributed by atoms with Gasteiger partial charge in [-0.05, 0) is 30.2 Å². The van der Waals surface area contributed by atoms with E-state index in [1.165, 1.54) is 0 Å². The highest BCUT2D eigenvalue weighted by molar-refractivity contribution is 9.09. The van der Waals surface area contributed by atoms with Crippen LogP contribution < -0.4 is 9.47 Å². The average molecular weight is 356 g/mol. The number of alkyl halides is 1. The molecule has 0 aromatic heterocycles. The number of benzene rings is 2. The van der Waals surface area contributed by atoms with E-state index in [0.717, 1.165) is 34.1 Å². The molecule has 1 unspecified atom stereocenters. The molecule has 0 saturated heterocycles. The summed E-state index contributed by atoms with van der Waals surface area (Å²) in [6, 6.07) is 13.6. The first-order valence-electron chi connectivity index (χ1n) is 6.25. The van der Waals surface area contributed by atoms with Gasteiger partial charge in [0.05, 0.1) is 24.6 Å². The van der Waals surface area contributed by atoms with Gasteiger partial charge in [-0.15, -0.1) is 0 Å². The van der Waals surface area contributed by atoms with Crippen molar-refractivity contribution in [1.82, 2.24) is 0 Å². The highest BCUT2D eigenvalue weighted by atomic mass is 79.9. The van der Waals surface area contributed by atoms with Crippen LogP contribution >= 0.6 is 27.5 Å². The lowest BCUT2D eigenvalue weighted by atomic mass is 10.0. The number of hydrogen-bond donors (Lipinski definition) is 0. The molecule has 0 heterocycles. The monoisotopic (exact) mass is 354 g/mol. The number of methoxy groups -OCH3 is 2. The zero-order valence-corrected chi connectivity index (χ0v) is 13.7. The molecule has 2 rings (SSSR count). The molecule has 0 aliphatic rings. The van der Waals surface area contributed by atoms with Crippen LogP contribution in [0.5, 0.6) is 11.5 Å². The van der Waals surface area contributed by atoms with E-state index < -0.39 is 0 Å². The predicted octanol–water partition coefficient (Wildman–Crippen LogP) is 5.04. The van der Waals surface area contributed by atoms with Crippen molar-refractivity contribution in [1.29, 1.82) is 0 Å². The van der Waals surface area contributed by atoms with Crippen molar-refractivity contribution < 1.29 is 9.47 Å². The molecule has 0 aliphatic carbocycles. The molecular formula is C16H16BrClO2. The number of rotatable bonds is 5. The van der Waals surface area contributed by atoms with Gasteiger partial charge in [-0.1, -0.05) is 51.8 Å². The first-order valence-corrected chi connectivity index (χ1v) is 7.55. The summed E-state index contributed by atoms with van der Waals surface area (Å²) >= 11 is 9.94. The molecule has 0 radical (unpaired) electrons. The van der Waals surface area contributed by atoms with E-state index in [9.17, 15) is 0 Å². The minimum atomic E-state index is 0.0634. The van der Waals surface area contributed by atoms with Gasteiger partial charge >= 0.3 is 0 Å². The normalized spacial score (nSPS) is 12.0. The maximum Gasteiger partial charge on any atom is 0.126 e. The minimum Gasteiger partial charge on any atom is -0.496 e. The Hall–Kier alpha value is -1.19. The molecule has 0 N–H and O–H groups in total. The lowest BCUT2D eigenvalue weighted by Gasteiger charge is -2.18. The fourth-order valence-electron chi connectivity index (χ4n) is 2.15. The molecular weight excluding hydrogens is 340 g/mol. The fourth-order valence-corrected chi connectivity index (χ4v) is 3.16. The Kier molecular flexibility index (Phi) is 5.32. The van der Waals surface area contributed by atoms with E-state index in [2.05, 4.69) is 15.9 Å². The van der Waals surface area contributed by atoms with Gasteiger partial charge in [0.2, 0.25) is 0 Å². The van der Waals surface area contributed by atoms with Crippen molar-refractivity contribution >= 4 is 27.5 Å². The Morgan fingerprint density at radius 2 is 1.60 bits per heavy atom. The second kappa shape index (κ2) is 7.00. The van der Waals surface area contributed by atoms with E-state index in [1.807, 2.05) is 42.5 Å². The van der Waals surface area contributed by atoms with Gasteiger partial charge in [-0.2, -0.15) is 0 Å². The number of hydrogen-bond acceptors (Lipinski definition) is 2. The van der Waals surface area contributed by atoms with E-state index in [1.54, 1.807) is 14.2 Å². The highest BCUT2D eigenvalue weighted by Crippen LogP contribution is 2.40. The standard InChI is InChI=1S/C16H16BrClO2/c1-19-14-8-5-9-15(20-2)16(14)12(17)10-11-6-3-4-7-13(11)18/h3-9,12H,10H2,1-2H3. The predicted molar refractivity (Wildman–Crippen MR) is 86.4 cm³/mol. The molecule has 0 spiro atoms. The molecule has 1 atom stereocenters. The van der Waals surface area contributed by atoms with Crippen LogP contribution in [0.3, 0.4) is 0 Å². The van der Waals surface area contributed by atoms with E-state index in [0.29, 0.717) is 0 Å². The Bertz CT molecular complexity index is 564. The second-order valence-electron chi connectivity index (χ2n) is 4.34. The molecule has 0 aliphatic heterocycles. The van der Waals surface area contributed by atoms with Gasteiger partial charge in [0.15, 0.2) is 0 Å². The summed E-state index contributed by atoms with van der Waals surface area (Å²) in [5, 5.41) is 0.769. The van der Waals surface area contributed by atoms with Crippen molar-refractivity contribution in [3.05, 3.63) is 58.6 Å². The molecule has 2 aromatic carbocycles. The van der Waals surface area contributed by atoms with Crippen molar-refractivity contribution in [3.8, 4) is 11.5 Å². The van der Waals surface area contributed by atoms with Crippen molar-refractivity contribution in [2.24, 2.45) is 0 Å². The third-order valence-electron chi connectivity index (χ3n) is 3.14. The van der Waals surface area contributed by atoms with Crippen LogP contribution in [0.4, 0.5) is 0 Å². The average Bonchev–Trinajstić information content (AvgIpc) is 2.48. The van der Waals surface area contributed by atoms with Crippen LogP contribution in [0.25, 0.3) is 0 Å². The maximum atomic E-state index is 6.22. The summed E-state index contributed by atoms with van der Waals surface area (Å²) in [5.41, 5.74) is 2.08. The lowest BCUT2D eigenvalue weighted by molar-refractivity contribution is 0.385. The van der Waals surface area contributed by atoms with Crippen LogP contribution in [0.2, 0.25) is 5.02 Å². The molecule has 0 bridgehead atoms. The third kappa shape index (κ3) is 3.28. The van der Waals surface area contributed by atoms with Crippen LogP contribution in [-0.4, -0.2) is 14.2 Å². The van der Waals surface area contributed by atoms with Gasteiger partial charge in [0.25, 0.3) is 0 Å². The van der Waals surface area contributed by atoms with Gasteiger partial charge < -0.3 is 9.47 Å². The second-order valence-corrected chi connectivity index (χ2v) is 5.85. The zero-order chi connectivity index (χ0) is 14.5. The summed E-state index contributed by atoms with van der Waals surface area (Å²) in [4.78, 5) is 0.0634. The maximum absolute atomic E-state index is 6.22. The SMILES string of the molecule is COc1cccc(OC)c1C(Br)Cc1ccccc1Cl.